The van der Waals surface area contributed by atoms with Crippen LogP contribution < -0.4 is 5.43 Å². The molecule has 0 amide bonds. The summed E-state index contributed by atoms with van der Waals surface area (Å²) in [6.07, 6.45) is 1.82. The van der Waals surface area contributed by atoms with E-state index in [-0.39, 0.29) is 0 Å². The van der Waals surface area contributed by atoms with Crippen molar-refractivity contribution in [2.75, 3.05) is 5.43 Å². The molecule has 0 aliphatic heterocycles. The van der Waals surface area contributed by atoms with Crippen LogP contribution in [-0.2, 0) is 0 Å². The van der Waals surface area contributed by atoms with Crippen molar-refractivity contribution in [2.45, 2.75) is 6.92 Å². The van der Waals surface area contributed by atoms with Gasteiger partial charge >= 0.3 is 0 Å². The van der Waals surface area contributed by atoms with Gasteiger partial charge in [-0.05, 0) is 35.4 Å². The maximum Gasteiger partial charge on any atom is 0.0590 e. The number of rotatable bonds is 3. The van der Waals surface area contributed by atoms with Crippen molar-refractivity contribution in [3.05, 3.63) is 52.2 Å². The molecule has 2 rings (SSSR count). The summed E-state index contributed by atoms with van der Waals surface area (Å²) in [5.41, 5.74) is 6.39. The molecule has 0 aliphatic rings. The van der Waals surface area contributed by atoms with Crippen LogP contribution in [0.2, 0.25) is 0 Å². The molecule has 76 valence electrons. The Morgan fingerprint density at radius 2 is 2.13 bits per heavy atom. The minimum absolute atomic E-state index is 1.05. The number of hydrogen-bond donors (Lipinski definition) is 1. The van der Waals surface area contributed by atoms with Gasteiger partial charge in [-0.1, -0.05) is 18.2 Å². The van der Waals surface area contributed by atoms with Crippen LogP contribution in [0.25, 0.3) is 0 Å². The van der Waals surface area contributed by atoms with Crippen LogP contribution >= 0.6 is 11.3 Å². The molecule has 1 N–H and O–H groups in total. The Bertz CT molecular complexity index is 446. The van der Waals surface area contributed by atoms with Crippen LogP contribution in [-0.4, -0.2) is 6.21 Å². The summed E-state index contributed by atoms with van der Waals surface area (Å²) in [5, 5.41) is 8.27. The van der Waals surface area contributed by atoms with Gasteiger partial charge in [0.15, 0.2) is 0 Å². The molecule has 0 saturated carbocycles. The first kappa shape index (κ1) is 9.93. The van der Waals surface area contributed by atoms with Crippen molar-refractivity contribution < 1.29 is 0 Å². The standard InChI is InChI=1S/C12H12N2S/c1-10-4-2-3-5-12(10)14-13-8-11-6-7-15-9-11/h2-9,14H,1H3/b13-8-. The normalized spacial score (nSPS) is 10.7. The Morgan fingerprint density at radius 1 is 1.27 bits per heavy atom. The van der Waals surface area contributed by atoms with Gasteiger partial charge < -0.3 is 0 Å². The van der Waals surface area contributed by atoms with E-state index in [0.29, 0.717) is 0 Å². The zero-order chi connectivity index (χ0) is 10.5. The van der Waals surface area contributed by atoms with E-state index in [1.165, 1.54) is 5.56 Å². The van der Waals surface area contributed by atoms with E-state index < -0.39 is 0 Å². The Morgan fingerprint density at radius 3 is 2.87 bits per heavy atom. The predicted molar refractivity (Wildman–Crippen MR) is 66.7 cm³/mol. The van der Waals surface area contributed by atoms with Crippen LogP contribution in [0.3, 0.4) is 0 Å². The lowest BCUT2D eigenvalue weighted by molar-refractivity contribution is 1.31. The molecule has 0 saturated heterocycles. The molecule has 0 aliphatic carbocycles. The van der Waals surface area contributed by atoms with Crippen molar-refractivity contribution in [1.82, 2.24) is 0 Å². The van der Waals surface area contributed by atoms with Gasteiger partial charge in [0.2, 0.25) is 0 Å². The Balaban J connectivity index is 2.02. The quantitative estimate of drug-likeness (QED) is 0.616. The number of nitrogens with zero attached hydrogens (tertiary/aromatic N) is 1. The fraction of sp³-hybridized carbons (Fsp3) is 0.0833. The third kappa shape index (κ3) is 2.67. The van der Waals surface area contributed by atoms with Crippen molar-refractivity contribution in [2.24, 2.45) is 5.10 Å². The summed E-state index contributed by atoms with van der Waals surface area (Å²) in [6.45, 7) is 2.06. The van der Waals surface area contributed by atoms with E-state index in [4.69, 9.17) is 0 Å². The molecule has 15 heavy (non-hydrogen) atoms. The second-order valence-electron chi connectivity index (χ2n) is 3.24. The highest BCUT2D eigenvalue weighted by atomic mass is 32.1. The summed E-state index contributed by atoms with van der Waals surface area (Å²) in [5.74, 6) is 0. The van der Waals surface area contributed by atoms with Gasteiger partial charge in [0.05, 0.1) is 11.9 Å². The fourth-order valence-corrected chi connectivity index (χ4v) is 1.83. The van der Waals surface area contributed by atoms with E-state index in [1.54, 1.807) is 11.3 Å². The largest absolute Gasteiger partial charge is 0.278 e. The fourth-order valence-electron chi connectivity index (χ4n) is 1.22. The smallest absolute Gasteiger partial charge is 0.0590 e. The maximum atomic E-state index is 4.18. The highest BCUT2D eigenvalue weighted by molar-refractivity contribution is 7.08. The zero-order valence-corrected chi connectivity index (χ0v) is 9.29. The van der Waals surface area contributed by atoms with Crippen LogP contribution in [0, 0.1) is 6.92 Å². The van der Waals surface area contributed by atoms with Gasteiger partial charge in [0.1, 0.15) is 0 Å². The van der Waals surface area contributed by atoms with Gasteiger partial charge in [-0.25, -0.2) is 0 Å². The van der Waals surface area contributed by atoms with Crippen LogP contribution in [0.1, 0.15) is 11.1 Å². The SMILES string of the molecule is Cc1ccccc1N/N=C\c1ccsc1. The second-order valence-corrected chi connectivity index (χ2v) is 4.02. The van der Waals surface area contributed by atoms with E-state index in [0.717, 1.165) is 11.3 Å². The van der Waals surface area contributed by atoms with Crippen LogP contribution in [0.4, 0.5) is 5.69 Å². The molecule has 0 spiro atoms. The van der Waals surface area contributed by atoms with Crippen molar-refractivity contribution in [1.29, 1.82) is 0 Å². The molecule has 0 radical (unpaired) electrons. The van der Waals surface area contributed by atoms with Crippen molar-refractivity contribution in [3.8, 4) is 0 Å². The number of aryl methyl sites for hydroxylation is 1. The van der Waals surface area contributed by atoms with Gasteiger partial charge in [0.25, 0.3) is 0 Å². The topological polar surface area (TPSA) is 24.4 Å². The van der Waals surface area contributed by atoms with Crippen LogP contribution in [0.5, 0.6) is 0 Å². The monoisotopic (exact) mass is 216 g/mol. The highest BCUT2D eigenvalue weighted by Gasteiger charge is 1.92. The molecule has 0 fully saturated rings. The first-order valence-corrected chi connectivity index (χ1v) is 5.67. The average molecular weight is 216 g/mol. The van der Waals surface area contributed by atoms with Crippen LogP contribution in [0.15, 0.2) is 46.2 Å². The van der Waals surface area contributed by atoms with Crippen molar-refractivity contribution in [3.63, 3.8) is 0 Å². The number of benzene rings is 1. The van der Waals surface area contributed by atoms with E-state index in [9.17, 15) is 0 Å². The lowest BCUT2D eigenvalue weighted by Crippen LogP contribution is -1.91. The Hall–Kier alpha value is -1.61. The molecular formula is C12H12N2S. The lowest BCUT2D eigenvalue weighted by atomic mass is 10.2. The molecule has 0 atom stereocenters. The van der Waals surface area contributed by atoms with E-state index in [1.807, 2.05) is 35.9 Å². The summed E-state index contributed by atoms with van der Waals surface area (Å²) in [4.78, 5) is 0. The molecular weight excluding hydrogens is 204 g/mol. The summed E-state index contributed by atoms with van der Waals surface area (Å²) in [6, 6.07) is 10.1. The number of para-hydroxylation sites is 1. The first-order valence-electron chi connectivity index (χ1n) is 4.73. The third-order valence-electron chi connectivity index (χ3n) is 2.09. The van der Waals surface area contributed by atoms with E-state index in [2.05, 4.69) is 28.9 Å². The molecule has 0 unspecified atom stereocenters. The molecule has 3 heteroatoms. The molecule has 0 bridgehead atoms. The Kier molecular flexibility index (Phi) is 3.15. The summed E-state index contributed by atoms with van der Waals surface area (Å²) >= 11 is 1.67. The van der Waals surface area contributed by atoms with Gasteiger partial charge in [0, 0.05) is 5.56 Å². The maximum absolute atomic E-state index is 4.18. The number of hydrazone groups is 1. The summed E-state index contributed by atoms with van der Waals surface area (Å²) < 4.78 is 0. The molecule has 1 aromatic carbocycles. The second kappa shape index (κ2) is 4.75. The minimum Gasteiger partial charge on any atom is -0.278 e. The minimum atomic E-state index is 1.05. The number of hydrogen-bond acceptors (Lipinski definition) is 3. The predicted octanol–water partition coefficient (Wildman–Crippen LogP) is 3.50. The van der Waals surface area contributed by atoms with Gasteiger partial charge in [-0.2, -0.15) is 16.4 Å². The molecule has 1 aromatic heterocycles. The highest BCUT2D eigenvalue weighted by Crippen LogP contribution is 2.12. The van der Waals surface area contributed by atoms with Gasteiger partial charge in [-0.3, -0.25) is 5.43 Å². The molecule has 2 nitrogen and oxygen atoms in total. The first-order chi connectivity index (χ1) is 7.36. The number of thiophene rings is 1. The zero-order valence-electron chi connectivity index (χ0n) is 8.47. The number of anilines is 1. The van der Waals surface area contributed by atoms with Crippen molar-refractivity contribution >= 4 is 23.2 Å². The van der Waals surface area contributed by atoms with Gasteiger partial charge in [-0.15, -0.1) is 0 Å². The molecule has 1 heterocycles. The number of nitrogens with one attached hydrogen (secondary N) is 1. The third-order valence-corrected chi connectivity index (χ3v) is 2.79. The lowest BCUT2D eigenvalue weighted by Gasteiger charge is -2.02. The average Bonchev–Trinajstić information content (AvgIpc) is 2.74. The van der Waals surface area contributed by atoms with E-state index >= 15 is 0 Å². The summed E-state index contributed by atoms with van der Waals surface area (Å²) in [7, 11) is 0. The Labute approximate surface area is 93.3 Å². The molecule has 2 aromatic rings.